The molecule has 0 saturated carbocycles. The van der Waals surface area contributed by atoms with Crippen LogP contribution in [0.4, 0.5) is 13.2 Å². The third-order valence-corrected chi connectivity index (χ3v) is 7.19. The Balaban J connectivity index is 1.59. The van der Waals surface area contributed by atoms with Crippen molar-refractivity contribution in [2.75, 3.05) is 0 Å². The van der Waals surface area contributed by atoms with Crippen LogP contribution in [-0.2, 0) is 29.8 Å². The summed E-state index contributed by atoms with van der Waals surface area (Å²) in [5.41, 5.74) is 0.131. The quantitative estimate of drug-likeness (QED) is 0.496. The number of rotatable bonds is 5. The Morgan fingerprint density at radius 3 is 2.83 bits per heavy atom. The molecule has 0 unspecified atom stereocenters. The Labute approximate surface area is 167 Å². The van der Waals surface area contributed by atoms with E-state index in [9.17, 15) is 21.6 Å². The normalized spacial score (nSPS) is 12.7. The van der Waals surface area contributed by atoms with Crippen LogP contribution in [-0.4, -0.2) is 28.2 Å². The third-order valence-electron chi connectivity index (χ3n) is 4.20. The summed E-state index contributed by atoms with van der Waals surface area (Å²) in [5, 5.41) is 4.63. The van der Waals surface area contributed by atoms with Gasteiger partial charge in [0.05, 0.1) is 4.88 Å². The number of nitrogens with one attached hydrogen (secondary N) is 2. The van der Waals surface area contributed by atoms with Gasteiger partial charge < -0.3 is 4.98 Å². The Bertz CT molecular complexity index is 1290. The summed E-state index contributed by atoms with van der Waals surface area (Å²) < 4.78 is 68.3. The number of thiophene rings is 1. The molecule has 29 heavy (non-hydrogen) atoms. The minimum Gasteiger partial charge on any atom is -0.346 e. The number of hydrogen-bond donors (Lipinski definition) is 2. The van der Waals surface area contributed by atoms with Crippen molar-refractivity contribution in [3.63, 3.8) is 0 Å². The van der Waals surface area contributed by atoms with Crippen LogP contribution >= 0.6 is 11.3 Å². The molecule has 7 nitrogen and oxygen atoms in total. The van der Waals surface area contributed by atoms with Crippen molar-refractivity contribution in [1.82, 2.24) is 24.5 Å². The third kappa shape index (κ3) is 3.78. The first kappa shape index (κ1) is 19.6. The van der Waals surface area contributed by atoms with Crippen LogP contribution in [0, 0.1) is 0 Å². The molecule has 0 spiro atoms. The molecule has 4 rings (SSSR count). The lowest BCUT2D eigenvalue weighted by molar-refractivity contribution is -0.137. The van der Waals surface area contributed by atoms with E-state index in [2.05, 4.69) is 19.8 Å². The first-order chi connectivity index (χ1) is 13.6. The topological polar surface area (TPSA) is 92.7 Å². The van der Waals surface area contributed by atoms with E-state index in [4.69, 9.17) is 0 Å². The van der Waals surface area contributed by atoms with Crippen molar-refractivity contribution >= 4 is 32.4 Å². The van der Waals surface area contributed by atoms with Crippen molar-refractivity contribution in [2.24, 2.45) is 7.05 Å². The van der Waals surface area contributed by atoms with Crippen LogP contribution < -0.4 is 4.72 Å². The number of sulfonamides is 1. The molecule has 0 bridgehead atoms. The fourth-order valence-electron chi connectivity index (χ4n) is 2.87. The molecule has 0 amide bonds. The molecule has 0 saturated heterocycles. The Kier molecular flexibility index (Phi) is 4.71. The number of aromatic amines is 1. The average Bonchev–Trinajstić information content (AvgIpc) is 3.37. The fourth-order valence-corrected chi connectivity index (χ4v) is 5.23. The van der Waals surface area contributed by atoms with E-state index in [1.807, 2.05) is 6.07 Å². The van der Waals surface area contributed by atoms with Gasteiger partial charge in [-0.25, -0.2) is 18.1 Å². The molecular formula is C17H14F3N5O2S2. The summed E-state index contributed by atoms with van der Waals surface area (Å²) in [6.07, 6.45) is -0.447. The van der Waals surface area contributed by atoms with E-state index >= 15 is 0 Å². The smallest absolute Gasteiger partial charge is 0.346 e. The second-order valence-corrected chi connectivity index (χ2v) is 9.30. The lowest BCUT2D eigenvalue weighted by Crippen LogP contribution is -2.22. The summed E-state index contributed by atoms with van der Waals surface area (Å²) in [5.74, 6) is 0. The highest BCUT2D eigenvalue weighted by molar-refractivity contribution is 7.91. The Morgan fingerprint density at radius 2 is 2.07 bits per heavy atom. The van der Waals surface area contributed by atoms with Crippen LogP contribution in [0.2, 0.25) is 0 Å². The van der Waals surface area contributed by atoms with Crippen molar-refractivity contribution in [3.05, 3.63) is 54.0 Å². The van der Waals surface area contributed by atoms with E-state index in [1.165, 1.54) is 19.2 Å². The minimum atomic E-state index is -4.59. The molecule has 0 fully saturated rings. The fraction of sp³-hybridized carbons (Fsp3) is 0.176. The number of alkyl halides is 3. The van der Waals surface area contributed by atoms with E-state index in [0.29, 0.717) is 11.2 Å². The lowest BCUT2D eigenvalue weighted by atomic mass is 10.2. The summed E-state index contributed by atoms with van der Waals surface area (Å²) >= 11 is 0.731. The van der Waals surface area contributed by atoms with E-state index in [-0.39, 0.29) is 21.3 Å². The number of nitrogens with zero attached hydrogens (tertiary/aromatic N) is 3. The molecule has 0 radical (unpaired) electrons. The molecule has 2 N–H and O–H groups in total. The van der Waals surface area contributed by atoms with E-state index < -0.39 is 21.8 Å². The highest BCUT2D eigenvalue weighted by atomic mass is 32.2. The molecule has 0 aliphatic rings. The van der Waals surface area contributed by atoms with Gasteiger partial charge in [-0.1, -0.05) is 0 Å². The Morgan fingerprint density at radius 1 is 1.28 bits per heavy atom. The van der Waals surface area contributed by atoms with Crippen molar-refractivity contribution in [3.8, 4) is 10.6 Å². The molecule has 4 aromatic heterocycles. The number of hydrogen-bond acceptors (Lipinski definition) is 5. The highest BCUT2D eigenvalue weighted by Gasteiger charge is 2.36. The largest absolute Gasteiger partial charge is 0.420 e. The zero-order chi connectivity index (χ0) is 20.8. The van der Waals surface area contributed by atoms with E-state index in [1.54, 1.807) is 18.5 Å². The zero-order valence-electron chi connectivity index (χ0n) is 14.9. The number of fused-ring (bicyclic) bond motifs is 1. The number of aromatic nitrogens is 4. The average molecular weight is 441 g/mol. The number of pyridine rings is 1. The molecule has 0 aliphatic carbocycles. The van der Waals surface area contributed by atoms with Crippen molar-refractivity contribution in [1.29, 1.82) is 0 Å². The van der Waals surface area contributed by atoms with Gasteiger partial charge in [0.15, 0.2) is 0 Å². The van der Waals surface area contributed by atoms with Crippen molar-refractivity contribution < 1.29 is 21.6 Å². The lowest BCUT2D eigenvalue weighted by Gasteiger charge is -2.05. The molecule has 0 aromatic carbocycles. The highest BCUT2D eigenvalue weighted by Crippen LogP contribution is 2.39. The number of halogens is 3. The first-order valence-corrected chi connectivity index (χ1v) is 10.6. The van der Waals surface area contributed by atoms with Gasteiger partial charge in [-0.3, -0.25) is 4.68 Å². The van der Waals surface area contributed by atoms with Gasteiger partial charge in [-0.2, -0.15) is 18.3 Å². The van der Waals surface area contributed by atoms with Gasteiger partial charge in [-0.15, -0.1) is 11.3 Å². The standard InChI is InChI=1S/C17H14F3N5O2S2/c1-25-9-12(17(18,19)20)15(24-25)13-4-5-14(28-13)29(26,27)23-8-10-7-22-16-11(10)3-2-6-21-16/h2-7,9,23H,8H2,1H3,(H,21,22). The van der Waals surface area contributed by atoms with Gasteiger partial charge in [0.1, 0.15) is 21.1 Å². The number of H-pyrrole nitrogens is 1. The predicted molar refractivity (Wildman–Crippen MR) is 102 cm³/mol. The van der Waals surface area contributed by atoms with Gasteiger partial charge >= 0.3 is 6.18 Å². The van der Waals surface area contributed by atoms with Gasteiger partial charge in [0.2, 0.25) is 10.0 Å². The van der Waals surface area contributed by atoms with Gasteiger partial charge in [-0.05, 0) is 29.8 Å². The monoisotopic (exact) mass is 441 g/mol. The maximum atomic E-state index is 13.2. The first-order valence-electron chi connectivity index (χ1n) is 8.27. The number of aryl methyl sites for hydroxylation is 1. The van der Waals surface area contributed by atoms with Crippen LogP contribution in [0.3, 0.4) is 0 Å². The SMILES string of the molecule is Cn1cc(C(F)(F)F)c(-c2ccc(S(=O)(=O)NCc3c[nH]c4ncccc34)s2)n1. The molecule has 152 valence electrons. The molecule has 12 heteroatoms. The molecule has 0 atom stereocenters. The zero-order valence-corrected chi connectivity index (χ0v) is 16.5. The van der Waals surface area contributed by atoms with Crippen LogP contribution in [0.15, 0.2) is 47.1 Å². The summed E-state index contributed by atoms with van der Waals surface area (Å²) in [6, 6.07) is 6.15. The molecule has 4 heterocycles. The van der Waals surface area contributed by atoms with Gasteiger partial charge in [0.25, 0.3) is 0 Å². The van der Waals surface area contributed by atoms with Crippen LogP contribution in [0.25, 0.3) is 21.6 Å². The second-order valence-electron chi connectivity index (χ2n) is 6.22. The molecule has 0 aliphatic heterocycles. The predicted octanol–water partition coefficient (Wildman–Crippen LogP) is 3.52. The minimum absolute atomic E-state index is 0.0125. The Hall–Kier alpha value is -2.70. The maximum absolute atomic E-state index is 13.2. The summed E-state index contributed by atoms with van der Waals surface area (Å²) in [7, 11) is -2.54. The van der Waals surface area contributed by atoms with Crippen molar-refractivity contribution in [2.45, 2.75) is 16.9 Å². The van der Waals surface area contributed by atoms with Gasteiger partial charge in [0, 0.05) is 37.6 Å². The molecular weight excluding hydrogens is 427 g/mol. The summed E-state index contributed by atoms with van der Waals surface area (Å²) in [6.45, 7) is 0.0125. The summed E-state index contributed by atoms with van der Waals surface area (Å²) in [4.78, 5) is 7.21. The maximum Gasteiger partial charge on any atom is 0.420 e. The van der Waals surface area contributed by atoms with Crippen LogP contribution in [0.1, 0.15) is 11.1 Å². The van der Waals surface area contributed by atoms with Crippen LogP contribution in [0.5, 0.6) is 0 Å². The van der Waals surface area contributed by atoms with E-state index in [0.717, 1.165) is 27.6 Å². The molecule has 4 aromatic rings. The second kappa shape index (κ2) is 6.97.